The molecule has 0 aliphatic carbocycles. The normalized spacial score (nSPS) is 11.1. The second kappa shape index (κ2) is 10.5. The minimum Gasteiger partial charge on any atom is -0.493 e. The van der Waals surface area contributed by atoms with E-state index in [0.717, 1.165) is 20.6 Å². The number of nitrogens with one attached hydrogen (secondary N) is 1. The van der Waals surface area contributed by atoms with Crippen molar-refractivity contribution in [3.63, 3.8) is 0 Å². The molecule has 0 spiro atoms. The first-order chi connectivity index (χ1) is 16.9. The van der Waals surface area contributed by atoms with E-state index in [1.54, 1.807) is 30.3 Å². The predicted octanol–water partition coefficient (Wildman–Crippen LogP) is 4.37. The molecule has 8 heteroatoms. The van der Waals surface area contributed by atoms with Crippen molar-refractivity contribution in [2.24, 2.45) is 0 Å². The van der Waals surface area contributed by atoms with E-state index in [1.165, 1.54) is 32.4 Å². The summed E-state index contributed by atoms with van der Waals surface area (Å²) in [4.78, 5) is 12.9. The zero-order valence-electron chi connectivity index (χ0n) is 19.5. The van der Waals surface area contributed by atoms with Crippen LogP contribution in [0.4, 0.5) is 5.69 Å². The van der Waals surface area contributed by atoms with E-state index in [9.17, 15) is 13.2 Å². The van der Waals surface area contributed by atoms with Gasteiger partial charge in [0, 0.05) is 12.6 Å². The molecule has 0 aliphatic rings. The number of hydrogen-bond acceptors (Lipinski definition) is 5. The summed E-state index contributed by atoms with van der Waals surface area (Å²) in [5.41, 5.74) is 1.30. The number of nitrogens with zero attached hydrogens (tertiary/aromatic N) is 1. The summed E-state index contributed by atoms with van der Waals surface area (Å²) in [5.74, 6) is 0.263. The fourth-order valence-electron chi connectivity index (χ4n) is 3.75. The number of para-hydroxylation sites is 1. The lowest BCUT2D eigenvalue weighted by Gasteiger charge is -2.24. The number of benzene rings is 4. The van der Waals surface area contributed by atoms with Crippen molar-refractivity contribution in [2.45, 2.75) is 11.4 Å². The summed E-state index contributed by atoms with van der Waals surface area (Å²) >= 11 is 0. The van der Waals surface area contributed by atoms with E-state index in [4.69, 9.17) is 9.47 Å². The maximum absolute atomic E-state index is 13.6. The molecule has 0 unspecified atom stereocenters. The Morgan fingerprint density at radius 1 is 0.800 bits per heavy atom. The smallest absolute Gasteiger partial charge is 0.264 e. The van der Waals surface area contributed by atoms with Gasteiger partial charge in [0.05, 0.1) is 24.8 Å². The molecule has 0 aromatic heterocycles. The second-order valence-corrected chi connectivity index (χ2v) is 9.68. The Morgan fingerprint density at radius 3 is 2.20 bits per heavy atom. The van der Waals surface area contributed by atoms with Gasteiger partial charge in [-0.1, -0.05) is 54.6 Å². The molecule has 1 amide bonds. The van der Waals surface area contributed by atoms with Crippen LogP contribution >= 0.6 is 0 Å². The third-order valence-corrected chi connectivity index (χ3v) is 7.35. The molecule has 4 aromatic carbocycles. The molecule has 0 radical (unpaired) electrons. The summed E-state index contributed by atoms with van der Waals surface area (Å²) in [5, 5.41) is 5.02. The largest absolute Gasteiger partial charge is 0.493 e. The van der Waals surface area contributed by atoms with E-state index >= 15 is 0 Å². The Morgan fingerprint density at radius 2 is 1.49 bits per heavy atom. The Labute approximate surface area is 205 Å². The van der Waals surface area contributed by atoms with Crippen LogP contribution in [0.5, 0.6) is 11.5 Å². The molecule has 0 saturated carbocycles. The van der Waals surface area contributed by atoms with Crippen LogP contribution in [0, 0.1) is 0 Å². The van der Waals surface area contributed by atoms with Crippen molar-refractivity contribution in [3.05, 3.63) is 96.6 Å². The maximum Gasteiger partial charge on any atom is 0.264 e. The minimum atomic E-state index is -4.08. The third-order valence-electron chi connectivity index (χ3n) is 5.58. The lowest BCUT2D eigenvalue weighted by molar-refractivity contribution is -0.119. The monoisotopic (exact) mass is 490 g/mol. The van der Waals surface area contributed by atoms with Crippen molar-refractivity contribution in [1.29, 1.82) is 0 Å². The van der Waals surface area contributed by atoms with Crippen LogP contribution in [0.1, 0.15) is 5.56 Å². The summed E-state index contributed by atoms with van der Waals surface area (Å²) in [6, 6.07) is 26.8. The van der Waals surface area contributed by atoms with Crippen LogP contribution in [0.2, 0.25) is 0 Å². The van der Waals surface area contributed by atoms with E-state index in [1.807, 2.05) is 42.5 Å². The molecular weight excluding hydrogens is 464 g/mol. The fourth-order valence-corrected chi connectivity index (χ4v) is 5.19. The van der Waals surface area contributed by atoms with Gasteiger partial charge in [-0.15, -0.1) is 0 Å². The molecular formula is C27H26N2O5S. The highest BCUT2D eigenvalue weighted by Gasteiger charge is 2.28. The van der Waals surface area contributed by atoms with Gasteiger partial charge in [0.15, 0.2) is 11.5 Å². The quantitative estimate of drug-likeness (QED) is 0.377. The number of rotatable bonds is 9. The molecule has 4 rings (SSSR count). The SMILES string of the molecule is COc1ccc(S(=O)(=O)N(CC(=O)NCc2ccc3ccccc3c2)c2ccccc2)cc1OC. The van der Waals surface area contributed by atoms with Gasteiger partial charge < -0.3 is 14.8 Å². The number of hydrogen-bond donors (Lipinski definition) is 1. The fraction of sp³-hybridized carbons (Fsp3) is 0.148. The number of fused-ring (bicyclic) bond motifs is 1. The van der Waals surface area contributed by atoms with Crippen LogP contribution in [-0.2, 0) is 21.4 Å². The van der Waals surface area contributed by atoms with Crippen LogP contribution < -0.4 is 19.1 Å². The van der Waals surface area contributed by atoms with Gasteiger partial charge in [-0.3, -0.25) is 9.10 Å². The van der Waals surface area contributed by atoms with E-state index in [2.05, 4.69) is 5.32 Å². The minimum absolute atomic E-state index is 0.0127. The van der Waals surface area contributed by atoms with E-state index in [-0.39, 0.29) is 23.7 Å². The molecule has 1 N–H and O–H groups in total. The molecule has 0 bridgehead atoms. The Bertz CT molecular complexity index is 1440. The predicted molar refractivity (Wildman–Crippen MR) is 136 cm³/mol. The molecule has 0 fully saturated rings. The van der Waals surface area contributed by atoms with Crippen molar-refractivity contribution in [1.82, 2.24) is 5.32 Å². The molecule has 7 nitrogen and oxygen atoms in total. The Hall–Kier alpha value is -4.04. The topological polar surface area (TPSA) is 84.9 Å². The van der Waals surface area contributed by atoms with Crippen molar-refractivity contribution >= 4 is 32.4 Å². The Kier molecular flexibility index (Phi) is 7.22. The molecule has 180 valence electrons. The first-order valence-corrected chi connectivity index (χ1v) is 12.4. The molecule has 4 aromatic rings. The van der Waals surface area contributed by atoms with E-state index < -0.39 is 15.9 Å². The van der Waals surface area contributed by atoms with E-state index in [0.29, 0.717) is 11.4 Å². The average molecular weight is 491 g/mol. The molecule has 0 aliphatic heterocycles. The van der Waals surface area contributed by atoms with Crippen molar-refractivity contribution < 1.29 is 22.7 Å². The number of ether oxygens (including phenoxy) is 2. The van der Waals surface area contributed by atoms with Gasteiger partial charge >= 0.3 is 0 Å². The van der Waals surface area contributed by atoms with Gasteiger partial charge in [-0.2, -0.15) is 0 Å². The highest BCUT2D eigenvalue weighted by molar-refractivity contribution is 7.92. The van der Waals surface area contributed by atoms with Crippen LogP contribution in [0.3, 0.4) is 0 Å². The first kappa shape index (κ1) is 24.1. The van der Waals surface area contributed by atoms with Gasteiger partial charge in [-0.05, 0) is 46.7 Å². The Balaban J connectivity index is 1.57. The molecule has 0 heterocycles. The van der Waals surface area contributed by atoms with Gasteiger partial charge in [-0.25, -0.2) is 8.42 Å². The van der Waals surface area contributed by atoms with Gasteiger partial charge in [0.2, 0.25) is 5.91 Å². The molecule has 35 heavy (non-hydrogen) atoms. The second-order valence-electron chi connectivity index (χ2n) is 7.82. The summed E-state index contributed by atoms with van der Waals surface area (Å²) in [6.07, 6.45) is 0. The van der Waals surface area contributed by atoms with Crippen LogP contribution in [-0.4, -0.2) is 35.1 Å². The number of anilines is 1. The maximum atomic E-state index is 13.6. The lowest BCUT2D eigenvalue weighted by Crippen LogP contribution is -2.40. The zero-order chi connectivity index (χ0) is 24.8. The molecule has 0 atom stereocenters. The van der Waals surface area contributed by atoms with Crippen LogP contribution in [0.25, 0.3) is 10.8 Å². The zero-order valence-corrected chi connectivity index (χ0v) is 20.3. The lowest BCUT2D eigenvalue weighted by atomic mass is 10.1. The van der Waals surface area contributed by atoms with Crippen LogP contribution in [0.15, 0.2) is 95.9 Å². The third kappa shape index (κ3) is 5.38. The van der Waals surface area contributed by atoms with Gasteiger partial charge in [0.25, 0.3) is 10.0 Å². The van der Waals surface area contributed by atoms with Crippen molar-refractivity contribution in [3.8, 4) is 11.5 Å². The number of sulfonamides is 1. The number of amides is 1. The standard InChI is InChI=1S/C27H26N2O5S/c1-33-25-15-14-24(17-26(25)34-2)35(31,32)29(23-10-4-3-5-11-23)19-27(30)28-18-20-12-13-21-8-6-7-9-22(21)16-20/h3-17H,18-19H2,1-2H3,(H,28,30). The summed E-state index contributed by atoms with van der Waals surface area (Å²) < 4.78 is 38.8. The first-order valence-electron chi connectivity index (χ1n) is 11.0. The number of carbonyl (C=O) groups is 1. The van der Waals surface area contributed by atoms with Crippen molar-refractivity contribution in [2.75, 3.05) is 25.1 Å². The summed E-state index contributed by atoms with van der Waals surface area (Å²) in [6.45, 7) is -0.100. The highest BCUT2D eigenvalue weighted by atomic mass is 32.2. The highest BCUT2D eigenvalue weighted by Crippen LogP contribution is 2.32. The number of methoxy groups -OCH3 is 2. The average Bonchev–Trinajstić information content (AvgIpc) is 2.90. The summed E-state index contributed by atoms with van der Waals surface area (Å²) in [7, 11) is -1.17. The number of carbonyl (C=O) groups excluding carboxylic acids is 1. The van der Waals surface area contributed by atoms with Gasteiger partial charge in [0.1, 0.15) is 6.54 Å². The molecule has 0 saturated heterocycles.